The van der Waals surface area contributed by atoms with E-state index in [0.717, 1.165) is 12.0 Å². The molecule has 1 aromatic heterocycles. The fourth-order valence-corrected chi connectivity index (χ4v) is 3.81. The molecule has 5 nitrogen and oxygen atoms in total. The Bertz CT molecular complexity index is 824. The quantitative estimate of drug-likeness (QED) is 0.756. The van der Waals surface area contributed by atoms with Gasteiger partial charge < -0.3 is 14.7 Å². The van der Waals surface area contributed by atoms with Crippen molar-refractivity contribution >= 4 is 23.0 Å². The average Bonchev–Trinajstić information content (AvgIpc) is 3.28. The number of aryl methyl sites for hydroxylation is 1. The molecule has 1 N–H and O–H groups in total. The minimum absolute atomic E-state index is 0.137. The van der Waals surface area contributed by atoms with Gasteiger partial charge in [-0.2, -0.15) is 0 Å². The summed E-state index contributed by atoms with van der Waals surface area (Å²) in [5, 5.41) is 12.3. The van der Waals surface area contributed by atoms with Crippen molar-refractivity contribution < 1.29 is 19.4 Å². The Labute approximate surface area is 156 Å². The first kappa shape index (κ1) is 18.4. The van der Waals surface area contributed by atoms with Gasteiger partial charge in [-0.1, -0.05) is 37.3 Å². The van der Waals surface area contributed by atoms with Crippen LogP contribution in [0, 0.1) is 0 Å². The Morgan fingerprint density at radius 3 is 2.58 bits per heavy atom. The fourth-order valence-electron chi connectivity index (χ4n) is 3.13. The lowest BCUT2D eigenvalue weighted by atomic mass is 9.94. The van der Waals surface area contributed by atoms with Gasteiger partial charge in [-0.3, -0.25) is 9.59 Å². The van der Waals surface area contributed by atoms with E-state index in [1.54, 1.807) is 24.6 Å². The topological polar surface area (TPSA) is 66.8 Å². The number of Topliss-reactive ketones (excluding diaryl/α,β-unsaturated/α-hetero) is 1. The molecule has 0 saturated carbocycles. The van der Waals surface area contributed by atoms with Crippen LogP contribution < -0.4 is 0 Å². The van der Waals surface area contributed by atoms with E-state index in [-0.39, 0.29) is 11.4 Å². The number of hydrogen-bond donors (Lipinski definition) is 1. The summed E-state index contributed by atoms with van der Waals surface area (Å²) in [7, 11) is 1.55. The van der Waals surface area contributed by atoms with Gasteiger partial charge in [0.05, 0.1) is 23.1 Å². The summed E-state index contributed by atoms with van der Waals surface area (Å²) in [5.74, 6) is -1.31. The molecule has 1 aromatic carbocycles. The number of carbonyl (C=O) groups is 2. The first-order valence-corrected chi connectivity index (χ1v) is 9.36. The highest BCUT2D eigenvalue weighted by Gasteiger charge is 2.43. The summed E-state index contributed by atoms with van der Waals surface area (Å²) >= 11 is 1.29. The number of aliphatic hydroxyl groups excluding tert-OH is 1. The van der Waals surface area contributed by atoms with E-state index in [9.17, 15) is 14.7 Å². The van der Waals surface area contributed by atoms with Crippen molar-refractivity contribution in [3.05, 3.63) is 69.1 Å². The molecule has 136 valence electrons. The second kappa shape index (κ2) is 7.85. The van der Waals surface area contributed by atoms with Gasteiger partial charge in [0.15, 0.2) is 5.76 Å². The van der Waals surface area contributed by atoms with Crippen LogP contribution in [0.3, 0.4) is 0 Å². The zero-order valence-corrected chi connectivity index (χ0v) is 15.6. The molecule has 1 atom stereocenters. The molecule has 0 fully saturated rings. The Hall–Kier alpha value is -2.44. The summed E-state index contributed by atoms with van der Waals surface area (Å²) in [4.78, 5) is 27.6. The van der Waals surface area contributed by atoms with Crippen molar-refractivity contribution in [2.45, 2.75) is 19.4 Å². The zero-order chi connectivity index (χ0) is 18.7. The van der Waals surface area contributed by atoms with Crippen molar-refractivity contribution in [1.82, 2.24) is 4.90 Å². The Morgan fingerprint density at radius 1 is 1.27 bits per heavy atom. The maximum Gasteiger partial charge on any atom is 0.290 e. The maximum absolute atomic E-state index is 13.0. The number of hydrogen-bond acceptors (Lipinski definition) is 5. The van der Waals surface area contributed by atoms with Crippen molar-refractivity contribution in [2.24, 2.45) is 0 Å². The molecule has 0 radical (unpaired) electrons. The van der Waals surface area contributed by atoms with Crippen molar-refractivity contribution in [1.29, 1.82) is 0 Å². The van der Waals surface area contributed by atoms with Gasteiger partial charge in [-0.15, -0.1) is 11.3 Å². The number of nitrogens with zero attached hydrogens (tertiary/aromatic N) is 1. The van der Waals surface area contributed by atoms with Crippen LogP contribution in [0.1, 0.15) is 33.8 Å². The largest absolute Gasteiger partial charge is 0.503 e. The van der Waals surface area contributed by atoms with Crippen LogP contribution in [0.25, 0.3) is 0 Å². The van der Waals surface area contributed by atoms with E-state index in [0.29, 0.717) is 18.0 Å². The molecule has 1 unspecified atom stereocenters. The van der Waals surface area contributed by atoms with Gasteiger partial charge in [0.1, 0.15) is 0 Å². The molecule has 0 spiro atoms. The summed E-state index contributed by atoms with van der Waals surface area (Å²) in [6.07, 6.45) is 0.902. The molecular formula is C20H21NO4S. The Morgan fingerprint density at radius 2 is 2.00 bits per heavy atom. The molecule has 0 saturated heterocycles. The number of ketones is 1. The van der Waals surface area contributed by atoms with Gasteiger partial charge in [0, 0.05) is 13.7 Å². The van der Waals surface area contributed by atoms with E-state index in [1.165, 1.54) is 21.8 Å². The number of rotatable bonds is 7. The average molecular weight is 371 g/mol. The summed E-state index contributed by atoms with van der Waals surface area (Å²) in [6, 6.07) is 10.7. The molecule has 2 aromatic rings. The van der Waals surface area contributed by atoms with Gasteiger partial charge in [-0.25, -0.2) is 0 Å². The molecule has 26 heavy (non-hydrogen) atoms. The summed E-state index contributed by atoms with van der Waals surface area (Å²) < 4.78 is 5.10. The number of amides is 1. The second-order valence-corrected chi connectivity index (χ2v) is 7.01. The second-order valence-electron chi connectivity index (χ2n) is 6.06. The van der Waals surface area contributed by atoms with Crippen LogP contribution >= 0.6 is 11.3 Å². The highest BCUT2D eigenvalue weighted by atomic mass is 32.1. The smallest absolute Gasteiger partial charge is 0.290 e. The molecule has 1 aliphatic heterocycles. The van der Waals surface area contributed by atoms with E-state index in [1.807, 2.05) is 24.3 Å². The number of methoxy groups -OCH3 is 1. The monoisotopic (exact) mass is 371 g/mol. The molecule has 0 bridgehead atoms. The van der Waals surface area contributed by atoms with Crippen LogP contribution in [-0.4, -0.2) is 42.0 Å². The van der Waals surface area contributed by atoms with Crippen LogP contribution in [0.5, 0.6) is 0 Å². The molecule has 6 heteroatoms. The highest BCUT2D eigenvalue weighted by molar-refractivity contribution is 7.12. The SMILES string of the molecule is CCc1ccc(C2C(C(=O)c3cccs3)=C(O)C(=O)N2CCOC)cc1. The Balaban J connectivity index is 2.05. The third-order valence-electron chi connectivity index (χ3n) is 4.53. The minimum atomic E-state index is -0.613. The lowest BCUT2D eigenvalue weighted by molar-refractivity contribution is -0.130. The number of carbonyl (C=O) groups excluding carboxylic acids is 2. The van der Waals surface area contributed by atoms with Gasteiger partial charge in [-0.05, 0) is 29.0 Å². The number of ether oxygens (including phenoxy) is 1. The third kappa shape index (κ3) is 3.30. The predicted octanol–water partition coefficient (Wildman–Crippen LogP) is 3.54. The van der Waals surface area contributed by atoms with Gasteiger partial charge in [0.25, 0.3) is 5.91 Å². The summed E-state index contributed by atoms with van der Waals surface area (Å²) in [5.41, 5.74) is 2.11. The molecule has 1 aliphatic rings. The number of aliphatic hydroxyl groups is 1. The summed E-state index contributed by atoms with van der Waals surface area (Å²) in [6.45, 7) is 2.68. The molecular weight excluding hydrogens is 350 g/mol. The van der Waals surface area contributed by atoms with Crippen molar-refractivity contribution in [3.63, 3.8) is 0 Å². The third-order valence-corrected chi connectivity index (χ3v) is 5.40. The molecule has 0 aliphatic carbocycles. The first-order valence-electron chi connectivity index (χ1n) is 8.48. The minimum Gasteiger partial charge on any atom is -0.503 e. The van der Waals surface area contributed by atoms with Gasteiger partial charge in [0.2, 0.25) is 5.78 Å². The molecule has 2 heterocycles. The normalized spacial score (nSPS) is 17.2. The van der Waals surface area contributed by atoms with Crippen LogP contribution in [-0.2, 0) is 16.0 Å². The first-order chi connectivity index (χ1) is 12.6. The van der Waals surface area contributed by atoms with E-state index < -0.39 is 17.7 Å². The lowest BCUT2D eigenvalue weighted by Gasteiger charge is -2.26. The number of benzene rings is 1. The van der Waals surface area contributed by atoms with Gasteiger partial charge >= 0.3 is 0 Å². The molecule has 3 rings (SSSR count). The van der Waals surface area contributed by atoms with E-state index >= 15 is 0 Å². The fraction of sp³-hybridized carbons (Fsp3) is 0.300. The van der Waals surface area contributed by atoms with Crippen molar-refractivity contribution in [3.8, 4) is 0 Å². The standard InChI is InChI=1S/C20H21NO4S/c1-3-13-6-8-14(9-7-13)17-16(18(22)15-5-4-12-26-15)19(23)20(24)21(17)10-11-25-2/h4-9,12,17,23H,3,10-11H2,1-2H3. The van der Waals surface area contributed by atoms with E-state index in [4.69, 9.17) is 4.74 Å². The number of thiophene rings is 1. The molecule has 1 amide bonds. The predicted molar refractivity (Wildman–Crippen MR) is 100 cm³/mol. The maximum atomic E-state index is 13.0. The van der Waals surface area contributed by atoms with Crippen LogP contribution in [0.2, 0.25) is 0 Å². The highest BCUT2D eigenvalue weighted by Crippen LogP contribution is 2.39. The Kier molecular flexibility index (Phi) is 5.54. The zero-order valence-electron chi connectivity index (χ0n) is 14.8. The van der Waals surface area contributed by atoms with Crippen LogP contribution in [0.4, 0.5) is 0 Å². The van der Waals surface area contributed by atoms with Crippen LogP contribution in [0.15, 0.2) is 53.1 Å². The van der Waals surface area contributed by atoms with E-state index in [2.05, 4.69) is 6.92 Å². The lowest BCUT2D eigenvalue weighted by Crippen LogP contribution is -2.33. The van der Waals surface area contributed by atoms with Crippen molar-refractivity contribution in [2.75, 3.05) is 20.3 Å².